The van der Waals surface area contributed by atoms with E-state index in [1.54, 1.807) is 23.0 Å². The fourth-order valence-electron chi connectivity index (χ4n) is 1.33. The van der Waals surface area contributed by atoms with E-state index in [9.17, 15) is 15.2 Å². The minimum Gasteiger partial charge on any atom is -0.502 e. The number of nitro benzene ring substituents is 1. The number of aromatic nitrogens is 1. The third-order valence-electron chi connectivity index (χ3n) is 2.06. The number of phenolic OH excluding ortho intramolecular Hbond substituents is 1. The Hall–Kier alpha value is -2.30. The molecule has 0 saturated carbocycles. The third kappa shape index (κ3) is 1.67. The number of hydrogen-bond donors (Lipinski definition) is 1. The van der Waals surface area contributed by atoms with Crippen LogP contribution in [0.15, 0.2) is 42.7 Å². The van der Waals surface area contributed by atoms with Crippen molar-refractivity contribution < 1.29 is 10.0 Å². The Labute approximate surface area is 85.4 Å². The van der Waals surface area contributed by atoms with Gasteiger partial charge in [-0.2, -0.15) is 0 Å². The van der Waals surface area contributed by atoms with Crippen molar-refractivity contribution >= 4 is 5.69 Å². The number of nitro groups is 1. The van der Waals surface area contributed by atoms with E-state index in [0.29, 0.717) is 5.69 Å². The summed E-state index contributed by atoms with van der Waals surface area (Å²) >= 11 is 0. The number of phenols is 1. The van der Waals surface area contributed by atoms with Gasteiger partial charge in [-0.1, -0.05) is 0 Å². The normalized spacial score (nSPS) is 10.1. The van der Waals surface area contributed by atoms with Gasteiger partial charge in [-0.05, 0) is 24.3 Å². The largest absolute Gasteiger partial charge is 0.502 e. The number of rotatable bonds is 2. The van der Waals surface area contributed by atoms with Gasteiger partial charge in [-0.25, -0.2) is 0 Å². The molecule has 0 fully saturated rings. The first kappa shape index (κ1) is 9.26. The Bertz CT molecular complexity index is 491. The van der Waals surface area contributed by atoms with Crippen LogP contribution in [-0.2, 0) is 0 Å². The molecule has 1 heterocycles. The van der Waals surface area contributed by atoms with Crippen molar-refractivity contribution in [3.05, 3.63) is 52.8 Å². The molecule has 0 aliphatic rings. The van der Waals surface area contributed by atoms with Gasteiger partial charge >= 0.3 is 5.69 Å². The number of aromatic hydroxyl groups is 1. The second kappa shape index (κ2) is 3.45. The van der Waals surface area contributed by atoms with Crippen LogP contribution in [-0.4, -0.2) is 14.6 Å². The summed E-state index contributed by atoms with van der Waals surface area (Å²) in [5.74, 6) is -0.323. The molecule has 0 unspecified atom stereocenters. The van der Waals surface area contributed by atoms with E-state index in [4.69, 9.17) is 0 Å². The summed E-state index contributed by atoms with van der Waals surface area (Å²) in [5.41, 5.74) is 0.353. The molecule has 1 aromatic carbocycles. The van der Waals surface area contributed by atoms with E-state index in [2.05, 4.69) is 0 Å². The second-order valence-electron chi connectivity index (χ2n) is 3.02. The van der Waals surface area contributed by atoms with Crippen LogP contribution in [0.3, 0.4) is 0 Å². The third-order valence-corrected chi connectivity index (χ3v) is 2.06. The lowest BCUT2D eigenvalue weighted by molar-refractivity contribution is -0.385. The van der Waals surface area contributed by atoms with Crippen molar-refractivity contribution in [2.24, 2.45) is 0 Å². The molecule has 0 bridgehead atoms. The highest BCUT2D eigenvalue weighted by molar-refractivity contribution is 5.52. The van der Waals surface area contributed by atoms with Gasteiger partial charge in [0.05, 0.1) is 10.6 Å². The minimum absolute atomic E-state index is 0.291. The standard InChI is InChI=1S/C10H8N2O3/c13-10-4-3-8(7-9(10)12(14)15)11-5-1-2-6-11/h1-7,13H. The lowest BCUT2D eigenvalue weighted by Crippen LogP contribution is -1.93. The Kier molecular flexibility index (Phi) is 2.13. The molecule has 2 rings (SSSR count). The summed E-state index contributed by atoms with van der Waals surface area (Å²) in [6.07, 6.45) is 3.55. The van der Waals surface area contributed by atoms with Crippen LogP contribution >= 0.6 is 0 Å². The van der Waals surface area contributed by atoms with Crippen molar-refractivity contribution in [1.82, 2.24) is 4.57 Å². The van der Waals surface area contributed by atoms with Crippen LogP contribution in [0.1, 0.15) is 0 Å². The first-order valence-electron chi connectivity index (χ1n) is 4.29. The van der Waals surface area contributed by atoms with Crippen LogP contribution < -0.4 is 0 Å². The van der Waals surface area contributed by atoms with Gasteiger partial charge in [0.1, 0.15) is 0 Å². The monoisotopic (exact) mass is 204 g/mol. The first-order chi connectivity index (χ1) is 7.18. The molecule has 0 amide bonds. The fraction of sp³-hybridized carbons (Fsp3) is 0. The van der Waals surface area contributed by atoms with Crippen LogP contribution in [0.25, 0.3) is 5.69 Å². The Morgan fingerprint density at radius 1 is 1.27 bits per heavy atom. The number of hydrogen-bond acceptors (Lipinski definition) is 3. The van der Waals surface area contributed by atoms with Gasteiger partial charge in [0.25, 0.3) is 0 Å². The Morgan fingerprint density at radius 2 is 1.93 bits per heavy atom. The van der Waals surface area contributed by atoms with E-state index in [0.717, 1.165) is 0 Å². The number of benzene rings is 1. The average molecular weight is 204 g/mol. The summed E-state index contributed by atoms with van der Waals surface area (Å²) in [6, 6.07) is 7.89. The van der Waals surface area contributed by atoms with Gasteiger partial charge < -0.3 is 9.67 Å². The van der Waals surface area contributed by atoms with E-state index in [-0.39, 0.29) is 11.4 Å². The highest BCUT2D eigenvalue weighted by Crippen LogP contribution is 2.27. The maximum absolute atomic E-state index is 10.6. The van der Waals surface area contributed by atoms with E-state index < -0.39 is 4.92 Å². The predicted molar refractivity (Wildman–Crippen MR) is 54.1 cm³/mol. The molecule has 5 heteroatoms. The lowest BCUT2D eigenvalue weighted by atomic mass is 10.2. The van der Waals surface area contributed by atoms with Crippen molar-refractivity contribution in [2.75, 3.05) is 0 Å². The molecule has 0 atom stereocenters. The molecule has 1 aromatic heterocycles. The molecule has 5 nitrogen and oxygen atoms in total. The zero-order valence-corrected chi connectivity index (χ0v) is 7.70. The summed E-state index contributed by atoms with van der Waals surface area (Å²) < 4.78 is 1.73. The maximum atomic E-state index is 10.6. The summed E-state index contributed by atoms with van der Waals surface area (Å²) in [6.45, 7) is 0. The van der Waals surface area contributed by atoms with Crippen molar-refractivity contribution in [3.8, 4) is 11.4 Å². The zero-order chi connectivity index (χ0) is 10.8. The van der Waals surface area contributed by atoms with Crippen LogP contribution in [0.5, 0.6) is 5.75 Å². The Balaban J connectivity index is 2.52. The summed E-state index contributed by atoms with van der Waals surface area (Å²) in [5, 5.41) is 19.8. The molecule has 15 heavy (non-hydrogen) atoms. The van der Waals surface area contributed by atoms with Crippen LogP contribution in [0, 0.1) is 10.1 Å². The smallest absolute Gasteiger partial charge is 0.312 e. The highest BCUT2D eigenvalue weighted by atomic mass is 16.6. The van der Waals surface area contributed by atoms with E-state index in [1.165, 1.54) is 12.1 Å². The van der Waals surface area contributed by atoms with Gasteiger partial charge in [0, 0.05) is 18.5 Å². The zero-order valence-electron chi connectivity index (χ0n) is 7.70. The average Bonchev–Trinajstić information content (AvgIpc) is 2.71. The van der Waals surface area contributed by atoms with Crippen molar-refractivity contribution in [3.63, 3.8) is 0 Å². The molecule has 76 valence electrons. The summed E-state index contributed by atoms with van der Waals surface area (Å²) in [4.78, 5) is 9.97. The van der Waals surface area contributed by atoms with Gasteiger partial charge in [-0.3, -0.25) is 10.1 Å². The molecule has 0 radical (unpaired) electrons. The van der Waals surface area contributed by atoms with Crippen LogP contribution in [0.2, 0.25) is 0 Å². The summed E-state index contributed by atoms with van der Waals surface area (Å²) in [7, 11) is 0. The molecule has 0 spiro atoms. The fourth-order valence-corrected chi connectivity index (χ4v) is 1.33. The van der Waals surface area contributed by atoms with Crippen molar-refractivity contribution in [1.29, 1.82) is 0 Å². The topological polar surface area (TPSA) is 68.3 Å². The molecule has 2 aromatic rings. The van der Waals surface area contributed by atoms with E-state index >= 15 is 0 Å². The molecular weight excluding hydrogens is 196 g/mol. The highest BCUT2D eigenvalue weighted by Gasteiger charge is 2.13. The SMILES string of the molecule is O=[N+]([O-])c1cc(-n2cccc2)ccc1O. The van der Waals surface area contributed by atoms with Gasteiger partial charge in [0.15, 0.2) is 5.75 Å². The van der Waals surface area contributed by atoms with Crippen molar-refractivity contribution in [2.45, 2.75) is 0 Å². The van der Waals surface area contributed by atoms with E-state index in [1.807, 2.05) is 12.1 Å². The quantitative estimate of drug-likeness (QED) is 0.601. The minimum atomic E-state index is -0.609. The molecular formula is C10H8N2O3. The maximum Gasteiger partial charge on any atom is 0.312 e. The Morgan fingerprint density at radius 3 is 2.53 bits per heavy atom. The molecule has 0 aliphatic carbocycles. The lowest BCUT2D eigenvalue weighted by Gasteiger charge is -2.03. The first-order valence-corrected chi connectivity index (χ1v) is 4.29. The van der Waals surface area contributed by atoms with Crippen LogP contribution in [0.4, 0.5) is 5.69 Å². The number of nitrogens with zero attached hydrogens (tertiary/aromatic N) is 2. The predicted octanol–water partition coefficient (Wildman–Crippen LogP) is 2.09. The van der Waals surface area contributed by atoms with Gasteiger partial charge in [-0.15, -0.1) is 0 Å². The molecule has 1 N–H and O–H groups in total. The molecule has 0 saturated heterocycles. The molecule has 0 aliphatic heterocycles. The second-order valence-corrected chi connectivity index (χ2v) is 3.02. The van der Waals surface area contributed by atoms with Gasteiger partial charge in [0.2, 0.25) is 0 Å².